The Kier molecular flexibility index (Phi) is 2.81. The maximum atomic E-state index is 11.0. The topological polar surface area (TPSA) is 68.0 Å². The van der Waals surface area contributed by atoms with Gasteiger partial charge in [-0.2, -0.15) is 0 Å². The predicted molar refractivity (Wildman–Crippen MR) is 69.6 cm³/mol. The first kappa shape index (κ1) is 11.9. The van der Waals surface area contributed by atoms with Gasteiger partial charge >= 0.3 is 5.97 Å². The molecule has 98 valence electrons. The highest BCUT2D eigenvalue weighted by atomic mass is 16.4. The van der Waals surface area contributed by atoms with Gasteiger partial charge in [0.25, 0.3) is 0 Å². The molecule has 5 nitrogen and oxygen atoms in total. The number of aryl methyl sites for hydroxylation is 1. The van der Waals surface area contributed by atoms with Crippen LogP contribution in [0.1, 0.15) is 17.8 Å². The lowest BCUT2D eigenvalue weighted by Crippen LogP contribution is -2.26. The minimum absolute atomic E-state index is 0.331. The van der Waals surface area contributed by atoms with Gasteiger partial charge in [-0.25, -0.2) is 0 Å². The quantitative estimate of drug-likeness (QED) is 0.892. The number of hydrogen-bond acceptors (Lipinski definition) is 3. The molecule has 1 unspecified atom stereocenters. The molecule has 0 radical (unpaired) electrons. The first-order valence-electron chi connectivity index (χ1n) is 6.37. The summed E-state index contributed by atoms with van der Waals surface area (Å²) in [6, 6.07) is 8.11. The second-order valence-electron chi connectivity index (χ2n) is 4.99. The van der Waals surface area contributed by atoms with E-state index in [1.165, 1.54) is 5.56 Å². The van der Waals surface area contributed by atoms with E-state index in [-0.39, 0.29) is 5.92 Å². The van der Waals surface area contributed by atoms with Crippen molar-refractivity contribution in [1.82, 2.24) is 14.8 Å². The summed E-state index contributed by atoms with van der Waals surface area (Å²) >= 11 is 0. The molecule has 1 N–H and O–H groups in total. The molecule has 1 aliphatic heterocycles. The smallest absolute Gasteiger partial charge is 0.307 e. The molecule has 2 aromatic rings. The van der Waals surface area contributed by atoms with Crippen molar-refractivity contribution in [3.63, 3.8) is 0 Å². The molecule has 1 aromatic heterocycles. The SMILES string of the molecule is Cc1cccc(-c2nnc3n2CCC(C(=O)O)C3)c1. The zero-order valence-electron chi connectivity index (χ0n) is 10.7. The highest BCUT2D eigenvalue weighted by Crippen LogP contribution is 2.26. The number of benzene rings is 1. The zero-order valence-corrected chi connectivity index (χ0v) is 10.7. The van der Waals surface area contributed by atoms with Crippen molar-refractivity contribution < 1.29 is 9.90 Å². The fraction of sp³-hybridized carbons (Fsp3) is 0.357. The Morgan fingerprint density at radius 2 is 2.26 bits per heavy atom. The van der Waals surface area contributed by atoms with E-state index in [2.05, 4.69) is 16.3 Å². The van der Waals surface area contributed by atoms with Crippen LogP contribution in [-0.4, -0.2) is 25.8 Å². The van der Waals surface area contributed by atoms with Crippen molar-refractivity contribution in [1.29, 1.82) is 0 Å². The number of aromatic nitrogens is 3. The van der Waals surface area contributed by atoms with Gasteiger partial charge in [0.15, 0.2) is 5.82 Å². The van der Waals surface area contributed by atoms with Crippen molar-refractivity contribution in [2.24, 2.45) is 5.92 Å². The van der Waals surface area contributed by atoms with E-state index in [1.807, 2.05) is 29.7 Å². The van der Waals surface area contributed by atoms with Crippen LogP contribution < -0.4 is 0 Å². The van der Waals surface area contributed by atoms with Crippen LogP contribution in [0, 0.1) is 12.8 Å². The van der Waals surface area contributed by atoms with Crippen LogP contribution in [0.15, 0.2) is 24.3 Å². The second kappa shape index (κ2) is 4.50. The Bertz CT molecular complexity index is 633. The number of nitrogens with zero attached hydrogens (tertiary/aromatic N) is 3. The van der Waals surface area contributed by atoms with Crippen LogP contribution in [0.25, 0.3) is 11.4 Å². The van der Waals surface area contributed by atoms with Gasteiger partial charge in [-0.15, -0.1) is 10.2 Å². The van der Waals surface area contributed by atoms with Gasteiger partial charge in [0, 0.05) is 18.5 Å². The molecule has 0 saturated carbocycles. The second-order valence-corrected chi connectivity index (χ2v) is 4.99. The lowest BCUT2D eigenvalue weighted by atomic mass is 9.98. The number of carboxylic acids is 1. The fourth-order valence-corrected chi connectivity index (χ4v) is 2.54. The number of carbonyl (C=O) groups is 1. The van der Waals surface area contributed by atoms with Crippen LogP contribution >= 0.6 is 0 Å². The lowest BCUT2D eigenvalue weighted by Gasteiger charge is -2.20. The minimum Gasteiger partial charge on any atom is -0.481 e. The van der Waals surface area contributed by atoms with E-state index in [4.69, 9.17) is 5.11 Å². The van der Waals surface area contributed by atoms with Gasteiger partial charge in [-0.3, -0.25) is 4.79 Å². The van der Waals surface area contributed by atoms with Gasteiger partial charge in [-0.1, -0.05) is 23.8 Å². The summed E-state index contributed by atoms with van der Waals surface area (Å²) in [4.78, 5) is 11.0. The minimum atomic E-state index is -0.744. The lowest BCUT2D eigenvalue weighted by molar-refractivity contribution is -0.142. The maximum absolute atomic E-state index is 11.0. The van der Waals surface area contributed by atoms with E-state index in [0.717, 1.165) is 17.2 Å². The van der Waals surface area contributed by atoms with Crippen molar-refractivity contribution in [2.45, 2.75) is 26.3 Å². The monoisotopic (exact) mass is 257 g/mol. The van der Waals surface area contributed by atoms with E-state index >= 15 is 0 Å². The van der Waals surface area contributed by atoms with E-state index < -0.39 is 5.97 Å². The van der Waals surface area contributed by atoms with Crippen molar-refractivity contribution in [3.8, 4) is 11.4 Å². The van der Waals surface area contributed by atoms with Crippen LogP contribution in [-0.2, 0) is 17.8 Å². The van der Waals surface area contributed by atoms with E-state index in [9.17, 15) is 4.79 Å². The summed E-state index contributed by atoms with van der Waals surface area (Å²) in [5, 5.41) is 17.4. The van der Waals surface area contributed by atoms with Crippen LogP contribution in [0.4, 0.5) is 0 Å². The van der Waals surface area contributed by atoms with Gasteiger partial charge in [-0.05, 0) is 19.4 Å². The van der Waals surface area contributed by atoms with Crippen LogP contribution in [0.5, 0.6) is 0 Å². The van der Waals surface area contributed by atoms with Crippen LogP contribution in [0.3, 0.4) is 0 Å². The molecule has 1 aliphatic rings. The number of fused-ring (bicyclic) bond motifs is 1. The molecule has 0 bridgehead atoms. The highest BCUT2D eigenvalue weighted by molar-refractivity contribution is 5.70. The third kappa shape index (κ3) is 2.12. The Labute approximate surface area is 110 Å². The Hall–Kier alpha value is -2.17. The number of rotatable bonds is 2. The molecule has 0 aliphatic carbocycles. The van der Waals surface area contributed by atoms with Gasteiger partial charge in [0.05, 0.1) is 5.92 Å². The largest absolute Gasteiger partial charge is 0.481 e. The van der Waals surface area contributed by atoms with E-state index in [1.54, 1.807) is 0 Å². The van der Waals surface area contributed by atoms with Crippen molar-refractivity contribution >= 4 is 5.97 Å². The Morgan fingerprint density at radius 1 is 1.42 bits per heavy atom. The van der Waals surface area contributed by atoms with E-state index in [0.29, 0.717) is 19.4 Å². The molecule has 5 heteroatoms. The zero-order chi connectivity index (χ0) is 13.4. The number of aliphatic carboxylic acids is 1. The number of carboxylic acid groups (broad SMARTS) is 1. The third-order valence-corrected chi connectivity index (χ3v) is 3.58. The molecule has 2 heterocycles. The molecular formula is C14H15N3O2. The summed E-state index contributed by atoms with van der Waals surface area (Å²) in [7, 11) is 0. The summed E-state index contributed by atoms with van der Waals surface area (Å²) in [6.45, 7) is 2.71. The third-order valence-electron chi connectivity index (χ3n) is 3.58. The molecule has 19 heavy (non-hydrogen) atoms. The summed E-state index contributed by atoms with van der Waals surface area (Å²) < 4.78 is 2.04. The summed E-state index contributed by atoms with van der Waals surface area (Å²) in [6.07, 6.45) is 1.10. The fourth-order valence-electron chi connectivity index (χ4n) is 2.54. The summed E-state index contributed by atoms with van der Waals surface area (Å²) in [5.74, 6) is 0.533. The summed E-state index contributed by atoms with van der Waals surface area (Å²) in [5.41, 5.74) is 2.21. The maximum Gasteiger partial charge on any atom is 0.307 e. The van der Waals surface area contributed by atoms with Gasteiger partial charge in [0.1, 0.15) is 5.82 Å². The first-order valence-corrected chi connectivity index (χ1v) is 6.37. The molecular weight excluding hydrogens is 242 g/mol. The highest BCUT2D eigenvalue weighted by Gasteiger charge is 2.27. The van der Waals surface area contributed by atoms with Gasteiger partial charge in [0.2, 0.25) is 0 Å². The van der Waals surface area contributed by atoms with Gasteiger partial charge < -0.3 is 9.67 Å². The average molecular weight is 257 g/mol. The molecule has 0 saturated heterocycles. The molecule has 1 aromatic carbocycles. The van der Waals surface area contributed by atoms with Crippen molar-refractivity contribution in [3.05, 3.63) is 35.7 Å². The Balaban J connectivity index is 1.97. The molecule has 0 spiro atoms. The number of hydrogen-bond donors (Lipinski definition) is 1. The molecule has 1 atom stereocenters. The normalized spacial score (nSPS) is 18.1. The molecule has 0 fully saturated rings. The Morgan fingerprint density at radius 3 is 3.00 bits per heavy atom. The first-order chi connectivity index (χ1) is 9.15. The average Bonchev–Trinajstić information content (AvgIpc) is 2.81. The standard InChI is InChI=1S/C14H15N3O2/c1-9-3-2-4-10(7-9)13-16-15-12-8-11(14(18)19)5-6-17(12)13/h2-4,7,11H,5-6,8H2,1H3,(H,18,19). The van der Waals surface area contributed by atoms with Crippen LogP contribution in [0.2, 0.25) is 0 Å². The molecule has 3 rings (SSSR count). The predicted octanol–water partition coefficient (Wildman–Crippen LogP) is 1.90. The molecule has 0 amide bonds. The van der Waals surface area contributed by atoms with Crippen molar-refractivity contribution in [2.75, 3.05) is 0 Å².